The van der Waals surface area contributed by atoms with Gasteiger partial charge in [0.2, 0.25) is 0 Å². The SMILES string of the molecule is CCCCCn1nc(C(=O)OC(C)c2nc3ccccc3c(=O)[nH]2)c2ccccc2c1=O. The average molecular weight is 432 g/mol. The first-order valence-electron chi connectivity index (χ1n) is 10.7. The monoisotopic (exact) mass is 432 g/mol. The first-order chi connectivity index (χ1) is 15.5. The van der Waals surface area contributed by atoms with Crippen molar-refractivity contribution < 1.29 is 9.53 Å². The molecule has 0 aliphatic rings. The minimum absolute atomic E-state index is 0.0617. The molecule has 1 unspecified atom stereocenters. The first kappa shape index (κ1) is 21.4. The van der Waals surface area contributed by atoms with Crippen LogP contribution in [0.4, 0.5) is 0 Å². The number of H-pyrrole nitrogens is 1. The Balaban J connectivity index is 1.68. The van der Waals surface area contributed by atoms with E-state index in [2.05, 4.69) is 22.0 Å². The molecular weight excluding hydrogens is 408 g/mol. The fourth-order valence-electron chi connectivity index (χ4n) is 3.62. The van der Waals surface area contributed by atoms with Crippen LogP contribution in [0.3, 0.4) is 0 Å². The molecule has 164 valence electrons. The molecular formula is C24H24N4O4. The van der Waals surface area contributed by atoms with Crippen LogP contribution in [-0.4, -0.2) is 25.7 Å². The third kappa shape index (κ3) is 4.16. The maximum atomic E-state index is 13.1. The number of ether oxygens (including phenoxy) is 1. The number of hydrogen-bond acceptors (Lipinski definition) is 6. The number of carbonyl (C=O) groups excluding carboxylic acids is 1. The maximum Gasteiger partial charge on any atom is 0.360 e. The third-order valence-corrected chi connectivity index (χ3v) is 5.33. The Hall–Kier alpha value is -3.81. The Morgan fingerprint density at radius 3 is 2.47 bits per heavy atom. The lowest BCUT2D eigenvalue weighted by molar-refractivity contribution is 0.0312. The van der Waals surface area contributed by atoms with Crippen molar-refractivity contribution in [1.29, 1.82) is 0 Å². The molecule has 4 aromatic rings. The van der Waals surface area contributed by atoms with E-state index in [0.717, 1.165) is 19.3 Å². The van der Waals surface area contributed by atoms with Gasteiger partial charge in [0.15, 0.2) is 17.6 Å². The number of carbonyl (C=O) groups is 1. The molecule has 0 saturated heterocycles. The van der Waals surface area contributed by atoms with Gasteiger partial charge in [-0.15, -0.1) is 0 Å². The second-order valence-electron chi connectivity index (χ2n) is 7.65. The molecule has 2 aromatic heterocycles. The highest BCUT2D eigenvalue weighted by atomic mass is 16.5. The van der Waals surface area contributed by atoms with Crippen molar-refractivity contribution >= 4 is 27.6 Å². The van der Waals surface area contributed by atoms with E-state index in [-0.39, 0.29) is 22.6 Å². The third-order valence-electron chi connectivity index (χ3n) is 5.33. The van der Waals surface area contributed by atoms with Gasteiger partial charge >= 0.3 is 5.97 Å². The lowest BCUT2D eigenvalue weighted by atomic mass is 10.1. The van der Waals surface area contributed by atoms with Gasteiger partial charge in [-0.3, -0.25) is 9.59 Å². The molecule has 1 atom stereocenters. The van der Waals surface area contributed by atoms with E-state index in [4.69, 9.17) is 4.74 Å². The number of esters is 1. The van der Waals surface area contributed by atoms with Gasteiger partial charge in [-0.05, 0) is 31.5 Å². The van der Waals surface area contributed by atoms with Crippen LogP contribution in [0.25, 0.3) is 21.7 Å². The number of para-hydroxylation sites is 1. The van der Waals surface area contributed by atoms with Crippen LogP contribution < -0.4 is 11.1 Å². The van der Waals surface area contributed by atoms with Crippen LogP contribution in [0.2, 0.25) is 0 Å². The summed E-state index contributed by atoms with van der Waals surface area (Å²) in [6.45, 7) is 4.13. The van der Waals surface area contributed by atoms with E-state index in [9.17, 15) is 14.4 Å². The molecule has 4 rings (SSSR count). The molecule has 0 saturated carbocycles. The van der Waals surface area contributed by atoms with Crippen molar-refractivity contribution in [3.8, 4) is 0 Å². The minimum atomic E-state index is -0.819. The summed E-state index contributed by atoms with van der Waals surface area (Å²) in [5.74, 6) is -0.448. The van der Waals surface area contributed by atoms with Crippen LogP contribution in [-0.2, 0) is 11.3 Å². The lowest BCUT2D eigenvalue weighted by Gasteiger charge is -2.15. The zero-order valence-electron chi connectivity index (χ0n) is 18.0. The van der Waals surface area contributed by atoms with Gasteiger partial charge in [0.05, 0.1) is 16.3 Å². The number of rotatable bonds is 7. The highest BCUT2D eigenvalue weighted by molar-refractivity contribution is 6.02. The number of hydrogen-bond donors (Lipinski definition) is 1. The van der Waals surface area contributed by atoms with E-state index < -0.39 is 12.1 Å². The summed E-state index contributed by atoms with van der Waals surface area (Å²) in [5.41, 5.74) is 0.0391. The van der Waals surface area contributed by atoms with Crippen LogP contribution in [0.1, 0.15) is 55.5 Å². The van der Waals surface area contributed by atoms with Crippen LogP contribution >= 0.6 is 0 Å². The molecule has 2 heterocycles. The Morgan fingerprint density at radius 1 is 1.03 bits per heavy atom. The zero-order chi connectivity index (χ0) is 22.7. The van der Waals surface area contributed by atoms with Crippen molar-refractivity contribution in [2.75, 3.05) is 0 Å². The van der Waals surface area contributed by atoms with Crippen molar-refractivity contribution in [3.05, 3.63) is 80.8 Å². The molecule has 2 aromatic carbocycles. The quantitative estimate of drug-likeness (QED) is 0.352. The summed E-state index contributed by atoms with van der Waals surface area (Å²) in [6.07, 6.45) is 1.93. The Morgan fingerprint density at radius 2 is 1.72 bits per heavy atom. The molecule has 0 radical (unpaired) electrons. The molecule has 0 fully saturated rings. The van der Waals surface area contributed by atoms with E-state index in [1.54, 1.807) is 55.5 Å². The highest BCUT2D eigenvalue weighted by Crippen LogP contribution is 2.19. The van der Waals surface area contributed by atoms with E-state index in [0.29, 0.717) is 28.2 Å². The van der Waals surface area contributed by atoms with Crippen molar-refractivity contribution in [2.24, 2.45) is 0 Å². The summed E-state index contributed by atoms with van der Waals surface area (Å²) < 4.78 is 6.93. The number of nitrogens with zero attached hydrogens (tertiary/aromatic N) is 3. The number of aromatic amines is 1. The summed E-state index contributed by atoms with van der Waals surface area (Å²) in [4.78, 5) is 45.3. The fourth-order valence-corrected chi connectivity index (χ4v) is 3.62. The normalized spacial score (nSPS) is 12.2. The van der Waals surface area contributed by atoms with Gasteiger partial charge in [0, 0.05) is 11.9 Å². The minimum Gasteiger partial charge on any atom is -0.450 e. The number of unbranched alkanes of at least 4 members (excludes halogenated alkanes) is 2. The molecule has 1 N–H and O–H groups in total. The Labute approximate surface area is 183 Å². The summed E-state index contributed by atoms with van der Waals surface area (Å²) in [6, 6.07) is 13.8. The van der Waals surface area contributed by atoms with Crippen LogP contribution in [0.15, 0.2) is 58.1 Å². The molecule has 0 bridgehead atoms. The highest BCUT2D eigenvalue weighted by Gasteiger charge is 2.22. The van der Waals surface area contributed by atoms with Gasteiger partial charge in [0.25, 0.3) is 11.1 Å². The summed E-state index contributed by atoms with van der Waals surface area (Å²) >= 11 is 0. The van der Waals surface area contributed by atoms with Crippen LogP contribution in [0, 0.1) is 0 Å². The first-order valence-corrected chi connectivity index (χ1v) is 10.7. The van der Waals surface area contributed by atoms with Gasteiger partial charge in [-0.1, -0.05) is 50.1 Å². The van der Waals surface area contributed by atoms with Gasteiger partial charge in [-0.2, -0.15) is 5.10 Å². The molecule has 8 nitrogen and oxygen atoms in total. The zero-order valence-corrected chi connectivity index (χ0v) is 18.0. The predicted molar refractivity (Wildman–Crippen MR) is 122 cm³/mol. The standard InChI is InChI=1S/C24H24N4O4/c1-3-4-9-14-28-23(30)17-11-6-5-10-16(17)20(27-28)24(31)32-15(2)21-25-19-13-8-7-12-18(19)22(29)26-21/h5-8,10-13,15H,3-4,9,14H2,1-2H3,(H,25,26,29). The number of aryl methyl sites for hydroxylation is 1. The second kappa shape index (κ2) is 9.13. The molecule has 0 aliphatic carbocycles. The van der Waals surface area contributed by atoms with Crippen molar-refractivity contribution in [1.82, 2.24) is 19.7 Å². The Bertz CT molecular complexity index is 1410. The number of nitrogens with one attached hydrogen (secondary N) is 1. The van der Waals surface area contributed by atoms with Gasteiger partial charge in [0.1, 0.15) is 0 Å². The molecule has 8 heteroatoms. The number of fused-ring (bicyclic) bond motifs is 2. The van der Waals surface area contributed by atoms with E-state index >= 15 is 0 Å². The average Bonchev–Trinajstić information content (AvgIpc) is 2.80. The van der Waals surface area contributed by atoms with E-state index in [1.165, 1.54) is 4.68 Å². The van der Waals surface area contributed by atoms with Crippen LogP contribution in [0.5, 0.6) is 0 Å². The summed E-state index contributed by atoms with van der Waals surface area (Å²) in [7, 11) is 0. The molecule has 0 aliphatic heterocycles. The van der Waals surface area contributed by atoms with Crippen molar-refractivity contribution in [2.45, 2.75) is 45.8 Å². The summed E-state index contributed by atoms with van der Waals surface area (Å²) in [5, 5.41) is 5.63. The fraction of sp³-hybridized carbons (Fsp3) is 0.292. The predicted octanol–water partition coefficient (Wildman–Crippen LogP) is 3.74. The van der Waals surface area contributed by atoms with Gasteiger partial charge in [-0.25, -0.2) is 14.5 Å². The number of benzene rings is 2. The Kier molecular flexibility index (Phi) is 6.11. The lowest BCUT2D eigenvalue weighted by Crippen LogP contribution is -2.27. The van der Waals surface area contributed by atoms with Gasteiger partial charge < -0.3 is 9.72 Å². The topological polar surface area (TPSA) is 107 Å². The largest absolute Gasteiger partial charge is 0.450 e. The molecule has 0 spiro atoms. The maximum absolute atomic E-state index is 13.1. The van der Waals surface area contributed by atoms with Crippen molar-refractivity contribution in [3.63, 3.8) is 0 Å². The number of aromatic nitrogens is 4. The van der Waals surface area contributed by atoms with E-state index in [1.807, 2.05) is 0 Å². The molecule has 0 amide bonds. The molecule has 32 heavy (non-hydrogen) atoms. The smallest absolute Gasteiger partial charge is 0.360 e. The second-order valence-corrected chi connectivity index (χ2v) is 7.65.